The predicted octanol–water partition coefficient (Wildman–Crippen LogP) is 3.40. The third kappa shape index (κ3) is 5.46. The highest BCUT2D eigenvalue weighted by Crippen LogP contribution is 2.30. The Kier molecular flexibility index (Phi) is 7.05. The summed E-state index contributed by atoms with van der Waals surface area (Å²) in [5, 5.41) is 8.96. The minimum absolute atomic E-state index is 0.171. The second kappa shape index (κ2) is 10.1. The van der Waals surface area contributed by atoms with Crippen molar-refractivity contribution in [2.45, 2.75) is 32.6 Å². The number of anilines is 1. The summed E-state index contributed by atoms with van der Waals surface area (Å²) < 4.78 is 1.94. The number of rotatable bonds is 8. The van der Waals surface area contributed by atoms with Crippen molar-refractivity contribution in [2.75, 3.05) is 45.2 Å². The molecule has 1 fully saturated rings. The second-order valence-corrected chi connectivity index (χ2v) is 9.13. The van der Waals surface area contributed by atoms with Crippen LogP contribution in [0.2, 0.25) is 0 Å². The monoisotopic (exact) mass is 434 g/mol. The fourth-order valence-corrected chi connectivity index (χ4v) is 4.30. The molecule has 1 aromatic carbocycles. The zero-order valence-electron chi connectivity index (χ0n) is 19.4. The van der Waals surface area contributed by atoms with E-state index in [1.807, 2.05) is 31.2 Å². The Morgan fingerprint density at radius 2 is 1.91 bits per heavy atom. The lowest BCUT2D eigenvalue weighted by molar-refractivity contribution is -0.121. The van der Waals surface area contributed by atoms with Crippen LogP contribution in [0.25, 0.3) is 16.6 Å². The highest BCUT2D eigenvalue weighted by atomic mass is 16.1. The molecule has 2 aromatic heterocycles. The Labute approximate surface area is 190 Å². The molecule has 0 spiro atoms. The standard InChI is InChI=1S/C25H34N6O/c1-19-4-7-22(8-5-19)31-18-21-16-26-17-23(25(21)28-31)30-13-10-20(11-14-30)6-9-24(32)27-12-15-29(2)3/h4-5,7-8,16-18,20H,6,9-15H2,1-3H3,(H,27,32). The average Bonchev–Trinajstić information content (AvgIpc) is 3.23. The first-order chi connectivity index (χ1) is 15.5. The summed E-state index contributed by atoms with van der Waals surface area (Å²) in [7, 11) is 4.03. The van der Waals surface area contributed by atoms with Crippen LogP contribution < -0.4 is 10.2 Å². The van der Waals surface area contributed by atoms with Gasteiger partial charge < -0.3 is 15.1 Å². The van der Waals surface area contributed by atoms with Gasteiger partial charge in [0.05, 0.1) is 17.6 Å². The first kappa shape index (κ1) is 22.3. The molecule has 1 aliphatic heterocycles. The van der Waals surface area contributed by atoms with E-state index in [2.05, 4.69) is 57.5 Å². The van der Waals surface area contributed by atoms with E-state index in [1.165, 1.54) is 5.56 Å². The van der Waals surface area contributed by atoms with Crippen LogP contribution >= 0.6 is 0 Å². The third-order valence-corrected chi connectivity index (χ3v) is 6.31. The Hall–Kier alpha value is -2.93. The smallest absolute Gasteiger partial charge is 0.220 e. The summed E-state index contributed by atoms with van der Waals surface area (Å²) >= 11 is 0. The van der Waals surface area contributed by atoms with Crippen molar-refractivity contribution in [3.05, 3.63) is 48.4 Å². The average molecular weight is 435 g/mol. The molecule has 1 saturated heterocycles. The molecule has 1 aliphatic rings. The minimum Gasteiger partial charge on any atom is -0.368 e. The van der Waals surface area contributed by atoms with E-state index in [9.17, 15) is 4.79 Å². The molecule has 7 heteroatoms. The molecule has 0 bridgehead atoms. The molecule has 0 radical (unpaired) electrons. The summed E-state index contributed by atoms with van der Waals surface area (Å²) in [5.41, 5.74) is 4.40. The number of hydrogen-bond donors (Lipinski definition) is 1. The minimum atomic E-state index is 0.171. The van der Waals surface area contributed by atoms with Gasteiger partial charge in [-0.05, 0) is 58.3 Å². The number of benzene rings is 1. The molecule has 0 unspecified atom stereocenters. The number of aryl methyl sites for hydroxylation is 1. The van der Waals surface area contributed by atoms with Crippen LogP contribution in [0.15, 0.2) is 42.9 Å². The number of nitrogens with zero attached hydrogens (tertiary/aromatic N) is 5. The summed E-state index contributed by atoms with van der Waals surface area (Å²) in [4.78, 5) is 21.0. The van der Waals surface area contributed by atoms with Crippen LogP contribution in [0.5, 0.6) is 0 Å². The Morgan fingerprint density at radius 3 is 2.62 bits per heavy atom. The second-order valence-electron chi connectivity index (χ2n) is 9.13. The van der Waals surface area contributed by atoms with Gasteiger partial charge >= 0.3 is 0 Å². The first-order valence-corrected chi connectivity index (χ1v) is 11.6. The van der Waals surface area contributed by atoms with Crippen molar-refractivity contribution in [2.24, 2.45) is 5.92 Å². The maximum Gasteiger partial charge on any atom is 0.220 e. The highest BCUT2D eigenvalue weighted by molar-refractivity contribution is 5.89. The van der Waals surface area contributed by atoms with Gasteiger partial charge in [-0.25, -0.2) is 4.68 Å². The molecule has 1 N–H and O–H groups in total. The van der Waals surface area contributed by atoms with Crippen molar-refractivity contribution in [3.63, 3.8) is 0 Å². The number of fused-ring (bicyclic) bond motifs is 1. The predicted molar refractivity (Wildman–Crippen MR) is 129 cm³/mol. The van der Waals surface area contributed by atoms with Gasteiger partial charge in [-0.2, -0.15) is 5.10 Å². The Balaban J connectivity index is 1.35. The molecule has 3 aromatic rings. The van der Waals surface area contributed by atoms with Crippen LogP contribution in [0.4, 0.5) is 5.69 Å². The first-order valence-electron chi connectivity index (χ1n) is 11.6. The fraction of sp³-hybridized carbons (Fsp3) is 0.480. The third-order valence-electron chi connectivity index (χ3n) is 6.31. The zero-order valence-corrected chi connectivity index (χ0v) is 19.4. The van der Waals surface area contributed by atoms with Crippen LogP contribution in [0, 0.1) is 12.8 Å². The van der Waals surface area contributed by atoms with Gasteiger partial charge in [-0.1, -0.05) is 17.7 Å². The largest absolute Gasteiger partial charge is 0.368 e. The van der Waals surface area contributed by atoms with E-state index in [0.717, 1.165) is 67.7 Å². The van der Waals surface area contributed by atoms with E-state index >= 15 is 0 Å². The molecule has 170 valence electrons. The summed E-state index contributed by atoms with van der Waals surface area (Å²) in [5.74, 6) is 0.771. The number of piperidine rings is 1. The number of nitrogens with one attached hydrogen (secondary N) is 1. The SMILES string of the molecule is Cc1ccc(-n2cc3cncc(N4CCC(CCC(=O)NCCN(C)C)CC4)c3n2)cc1. The number of carbonyl (C=O) groups excluding carboxylic acids is 1. The molecule has 4 rings (SSSR count). The van der Waals surface area contributed by atoms with Crippen LogP contribution in [0.3, 0.4) is 0 Å². The van der Waals surface area contributed by atoms with Crippen LogP contribution in [-0.2, 0) is 4.79 Å². The molecule has 32 heavy (non-hydrogen) atoms. The quantitative estimate of drug-likeness (QED) is 0.589. The number of aromatic nitrogens is 3. The lowest BCUT2D eigenvalue weighted by Crippen LogP contribution is -2.35. The van der Waals surface area contributed by atoms with Crippen LogP contribution in [0.1, 0.15) is 31.2 Å². The van der Waals surface area contributed by atoms with Crippen molar-refractivity contribution in [1.82, 2.24) is 25.0 Å². The molecular weight excluding hydrogens is 400 g/mol. The summed E-state index contributed by atoms with van der Waals surface area (Å²) in [6.45, 7) is 5.64. The van der Waals surface area contributed by atoms with Gasteiger partial charge in [0.1, 0.15) is 5.52 Å². The van der Waals surface area contributed by atoms with Gasteiger partial charge in [0.2, 0.25) is 5.91 Å². The maximum atomic E-state index is 12.1. The number of pyridine rings is 1. The van der Waals surface area contributed by atoms with Gasteiger partial charge in [0.25, 0.3) is 0 Å². The number of carbonyl (C=O) groups is 1. The lowest BCUT2D eigenvalue weighted by Gasteiger charge is -2.33. The maximum absolute atomic E-state index is 12.1. The van der Waals surface area contributed by atoms with Gasteiger partial charge in [-0.3, -0.25) is 9.78 Å². The summed E-state index contributed by atoms with van der Waals surface area (Å²) in [6.07, 6.45) is 9.66. The topological polar surface area (TPSA) is 66.3 Å². The van der Waals surface area contributed by atoms with Crippen molar-refractivity contribution in [1.29, 1.82) is 0 Å². The number of hydrogen-bond acceptors (Lipinski definition) is 5. The zero-order chi connectivity index (χ0) is 22.5. The van der Waals surface area contributed by atoms with Gasteiger partial charge in [-0.15, -0.1) is 0 Å². The summed E-state index contributed by atoms with van der Waals surface area (Å²) in [6, 6.07) is 8.40. The van der Waals surface area contributed by atoms with E-state index in [-0.39, 0.29) is 5.91 Å². The highest BCUT2D eigenvalue weighted by Gasteiger charge is 2.22. The molecular formula is C25H34N6O. The van der Waals surface area contributed by atoms with Gasteiger partial charge in [0, 0.05) is 50.4 Å². The number of amides is 1. The normalized spacial score (nSPS) is 14.9. The van der Waals surface area contributed by atoms with E-state index in [1.54, 1.807) is 0 Å². The molecule has 3 heterocycles. The van der Waals surface area contributed by atoms with Crippen LogP contribution in [-0.4, -0.2) is 65.8 Å². The van der Waals surface area contributed by atoms with Crippen molar-refractivity contribution < 1.29 is 4.79 Å². The lowest BCUT2D eigenvalue weighted by atomic mass is 9.92. The fourth-order valence-electron chi connectivity index (χ4n) is 4.30. The number of likely N-dealkylation sites (N-methyl/N-ethyl adjacent to an activating group) is 1. The van der Waals surface area contributed by atoms with E-state index in [0.29, 0.717) is 12.3 Å². The Morgan fingerprint density at radius 1 is 1.16 bits per heavy atom. The van der Waals surface area contributed by atoms with Gasteiger partial charge in [0.15, 0.2) is 0 Å². The molecule has 0 atom stereocenters. The van der Waals surface area contributed by atoms with E-state index < -0.39 is 0 Å². The van der Waals surface area contributed by atoms with Crippen molar-refractivity contribution in [3.8, 4) is 5.69 Å². The molecule has 0 aliphatic carbocycles. The molecule has 0 saturated carbocycles. The van der Waals surface area contributed by atoms with E-state index in [4.69, 9.17) is 5.10 Å². The molecule has 1 amide bonds. The van der Waals surface area contributed by atoms with Crippen molar-refractivity contribution >= 4 is 22.5 Å². The Bertz CT molecular complexity index is 1030. The molecule has 7 nitrogen and oxygen atoms in total.